The Morgan fingerprint density at radius 1 is 0.643 bits per heavy atom. The van der Waals surface area contributed by atoms with E-state index in [1.807, 2.05) is 0 Å². The summed E-state index contributed by atoms with van der Waals surface area (Å²) in [6.07, 6.45) is 19.9. The lowest BCUT2D eigenvalue weighted by Gasteiger charge is -2.09. The summed E-state index contributed by atoms with van der Waals surface area (Å²) in [6, 6.07) is 6.33. The van der Waals surface area contributed by atoms with Crippen molar-refractivity contribution in [3.05, 3.63) is 29.3 Å². The van der Waals surface area contributed by atoms with Gasteiger partial charge < -0.3 is 10.1 Å². The summed E-state index contributed by atoms with van der Waals surface area (Å²) < 4.78 is 5.80. The highest BCUT2D eigenvalue weighted by molar-refractivity contribution is 5.33. The highest BCUT2D eigenvalue weighted by Gasteiger charge is 1.97. The van der Waals surface area contributed by atoms with Crippen LogP contribution in [0.3, 0.4) is 0 Å². The average molecular weight is 390 g/mol. The van der Waals surface area contributed by atoms with Gasteiger partial charge in [0.05, 0.1) is 0 Å². The Bertz CT molecular complexity index is 472. The molecular weight excluding hydrogens is 342 g/mol. The number of nitrogens with one attached hydrogen (secondary N) is 1. The van der Waals surface area contributed by atoms with Gasteiger partial charge >= 0.3 is 0 Å². The fraction of sp³-hybridized carbons (Fsp3) is 0.769. The van der Waals surface area contributed by atoms with Crippen LogP contribution in [-0.2, 0) is 0 Å². The molecule has 0 aliphatic carbocycles. The lowest BCUT2D eigenvalue weighted by Crippen LogP contribution is -2.22. The maximum atomic E-state index is 5.80. The predicted octanol–water partition coefficient (Wildman–Crippen LogP) is 7.75. The molecule has 0 fully saturated rings. The normalized spacial score (nSPS) is 11.1. The first-order valence-corrected chi connectivity index (χ1v) is 12.1. The van der Waals surface area contributed by atoms with Crippen LogP contribution in [0.15, 0.2) is 18.2 Å². The van der Waals surface area contributed by atoms with Crippen molar-refractivity contribution >= 4 is 0 Å². The molecule has 0 saturated carbocycles. The lowest BCUT2D eigenvalue weighted by molar-refractivity contribution is 0.313. The van der Waals surface area contributed by atoms with E-state index in [0.717, 1.165) is 25.4 Å². The van der Waals surface area contributed by atoms with E-state index in [4.69, 9.17) is 4.74 Å². The molecule has 0 amide bonds. The van der Waals surface area contributed by atoms with Gasteiger partial charge in [-0.15, -0.1) is 0 Å². The van der Waals surface area contributed by atoms with Gasteiger partial charge in [-0.3, -0.25) is 0 Å². The smallest absolute Gasteiger partial charge is 0.119 e. The molecule has 0 aliphatic rings. The third-order valence-electron chi connectivity index (χ3n) is 5.73. The number of unbranched alkanes of at least 4 members (excludes halogenated alkanes) is 13. The largest absolute Gasteiger partial charge is 0.492 e. The van der Waals surface area contributed by atoms with Crippen LogP contribution in [0, 0.1) is 13.8 Å². The van der Waals surface area contributed by atoms with Crippen molar-refractivity contribution in [2.24, 2.45) is 0 Å². The van der Waals surface area contributed by atoms with E-state index in [0.29, 0.717) is 0 Å². The van der Waals surface area contributed by atoms with E-state index < -0.39 is 0 Å². The molecule has 0 spiro atoms. The molecule has 0 bridgehead atoms. The molecule has 162 valence electrons. The fourth-order valence-electron chi connectivity index (χ4n) is 3.61. The first-order valence-electron chi connectivity index (χ1n) is 12.1. The zero-order chi connectivity index (χ0) is 20.3. The Morgan fingerprint density at radius 3 is 1.71 bits per heavy atom. The Balaban J connectivity index is 1.75. The Labute approximate surface area is 175 Å². The topological polar surface area (TPSA) is 21.3 Å². The van der Waals surface area contributed by atoms with Crippen molar-refractivity contribution in [1.82, 2.24) is 5.32 Å². The highest BCUT2D eigenvalue weighted by Crippen LogP contribution is 2.16. The van der Waals surface area contributed by atoms with Crippen LogP contribution in [0.5, 0.6) is 5.75 Å². The van der Waals surface area contributed by atoms with E-state index in [1.54, 1.807) is 0 Å². The van der Waals surface area contributed by atoms with E-state index >= 15 is 0 Å². The van der Waals surface area contributed by atoms with Crippen molar-refractivity contribution in [1.29, 1.82) is 0 Å². The van der Waals surface area contributed by atoms with Gasteiger partial charge in [0.1, 0.15) is 12.4 Å². The standard InChI is InChI=1S/C26H47NO/c1-4-5-6-7-8-9-10-11-12-13-14-15-16-17-20-27-21-22-28-26-19-18-24(2)25(3)23-26/h18-19,23,27H,4-17,20-22H2,1-3H3. The first kappa shape index (κ1) is 25.0. The van der Waals surface area contributed by atoms with Crippen molar-refractivity contribution < 1.29 is 4.74 Å². The van der Waals surface area contributed by atoms with Crippen LogP contribution < -0.4 is 10.1 Å². The quantitative estimate of drug-likeness (QED) is 0.244. The van der Waals surface area contributed by atoms with Crippen molar-refractivity contribution in [2.75, 3.05) is 19.7 Å². The SMILES string of the molecule is CCCCCCCCCCCCCCCCNCCOc1ccc(C)c(C)c1. The molecule has 1 N–H and O–H groups in total. The number of hydrogen-bond acceptors (Lipinski definition) is 2. The number of rotatable bonds is 19. The number of aryl methyl sites for hydroxylation is 2. The molecule has 0 radical (unpaired) electrons. The molecule has 0 saturated heterocycles. The highest BCUT2D eigenvalue weighted by atomic mass is 16.5. The van der Waals surface area contributed by atoms with Gasteiger partial charge in [-0.1, -0.05) is 96.5 Å². The average Bonchev–Trinajstić information content (AvgIpc) is 2.69. The Hall–Kier alpha value is -1.02. The zero-order valence-electron chi connectivity index (χ0n) is 19.2. The minimum Gasteiger partial charge on any atom is -0.492 e. The molecule has 0 heterocycles. The molecule has 0 aliphatic heterocycles. The van der Waals surface area contributed by atoms with E-state index in [1.165, 1.54) is 101 Å². The van der Waals surface area contributed by atoms with Crippen LogP contribution in [0.4, 0.5) is 0 Å². The maximum absolute atomic E-state index is 5.80. The second-order valence-corrected chi connectivity index (χ2v) is 8.44. The van der Waals surface area contributed by atoms with Gasteiger partial charge in [-0.05, 0) is 50.1 Å². The molecule has 2 heteroatoms. The molecule has 28 heavy (non-hydrogen) atoms. The Morgan fingerprint density at radius 2 is 1.18 bits per heavy atom. The van der Waals surface area contributed by atoms with Crippen molar-refractivity contribution in [3.8, 4) is 5.75 Å². The molecule has 2 nitrogen and oxygen atoms in total. The van der Waals surface area contributed by atoms with Crippen LogP contribution in [0.1, 0.15) is 108 Å². The van der Waals surface area contributed by atoms with Crippen LogP contribution >= 0.6 is 0 Å². The van der Waals surface area contributed by atoms with Crippen LogP contribution in [-0.4, -0.2) is 19.7 Å². The minimum absolute atomic E-state index is 0.751. The lowest BCUT2D eigenvalue weighted by atomic mass is 10.0. The first-order chi connectivity index (χ1) is 13.7. The van der Waals surface area contributed by atoms with Gasteiger partial charge in [0, 0.05) is 6.54 Å². The molecule has 1 rings (SSSR count). The molecule has 0 atom stereocenters. The molecule has 0 aromatic heterocycles. The van der Waals surface area contributed by atoms with Crippen LogP contribution in [0.2, 0.25) is 0 Å². The summed E-state index contributed by atoms with van der Waals surface area (Å²) in [5.41, 5.74) is 2.62. The summed E-state index contributed by atoms with van der Waals surface area (Å²) in [5, 5.41) is 3.50. The molecule has 1 aromatic rings. The fourth-order valence-corrected chi connectivity index (χ4v) is 3.61. The second kappa shape index (κ2) is 18.0. The number of hydrogen-bond donors (Lipinski definition) is 1. The third-order valence-corrected chi connectivity index (χ3v) is 5.73. The zero-order valence-corrected chi connectivity index (χ0v) is 19.2. The summed E-state index contributed by atoms with van der Waals surface area (Å²) in [5.74, 6) is 0.987. The van der Waals surface area contributed by atoms with E-state index in [2.05, 4.69) is 44.3 Å². The van der Waals surface area contributed by atoms with E-state index in [-0.39, 0.29) is 0 Å². The van der Waals surface area contributed by atoms with Crippen molar-refractivity contribution in [2.45, 2.75) is 111 Å². The maximum Gasteiger partial charge on any atom is 0.119 e. The predicted molar refractivity (Wildman–Crippen MR) is 125 cm³/mol. The Kier molecular flexibility index (Phi) is 16.1. The summed E-state index contributed by atoms with van der Waals surface area (Å²) in [6.45, 7) is 9.37. The van der Waals surface area contributed by atoms with Crippen LogP contribution in [0.25, 0.3) is 0 Å². The molecule has 1 aromatic carbocycles. The van der Waals surface area contributed by atoms with E-state index in [9.17, 15) is 0 Å². The van der Waals surface area contributed by atoms with Gasteiger partial charge in [0.15, 0.2) is 0 Å². The van der Waals surface area contributed by atoms with Gasteiger partial charge in [0.25, 0.3) is 0 Å². The summed E-state index contributed by atoms with van der Waals surface area (Å²) in [7, 11) is 0. The minimum atomic E-state index is 0.751. The molecular formula is C26H47NO. The summed E-state index contributed by atoms with van der Waals surface area (Å²) >= 11 is 0. The summed E-state index contributed by atoms with van der Waals surface area (Å²) in [4.78, 5) is 0. The monoisotopic (exact) mass is 389 g/mol. The van der Waals surface area contributed by atoms with Crippen molar-refractivity contribution in [3.63, 3.8) is 0 Å². The second-order valence-electron chi connectivity index (χ2n) is 8.44. The number of ether oxygens (including phenoxy) is 1. The van der Waals surface area contributed by atoms with Gasteiger partial charge in [0.2, 0.25) is 0 Å². The third kappa shape index (κ3) is 14.0. The molecule has 0 unspecified atom stereocenters. The van der Waals surface area contributed by atoms with Gasteiger partial charge in [-0.2, -0.15) is 0 Å². The van der Waals surface area contributed by atoms with Gasteiger partial charge in [-0.25, -0.2) is 0 Å². The number of benzene rings is 1.